The van der Waals surface area contributed by atoms with Crippen LogP contribution in [0, 0.1) is 5.92 Å². The van der Waals surface area contributed by atoms with Crippen LogP contribution >= 0.6 is 12.2 Å². The Hall–Kier alpha value is -1.25. The molecule has 122 valence electrons. The number of thiocarbonyl (C=S) groups is 1. The second-order valence-corrected chi connectivity index (χ2v) is 5.93. The van der Waals surface area contributed by atoms with Gasteiger partial charge in [-0.1, -0.05) is 13.8 Å². The van der Waals surface area contributed by atoms with Crippen molar-refractivity contribution in [2.75, 3.05) is 33.7 Å². The lowest BCUT2D eigenvalue weighted by atomic mass is 10.1. The second-order valence-electron chi connectivity index (χ2n) is 5.54. The van der Waals surface area contributed by atoms with Gasteiger partial charge in [-0.2, -0.15) is 0 Å². The molecule has 1 atom stereocenters. The fourth-order valence-electron chi connectivity index (χ4n) is 1.53. The molecule has 1 aliphatic heterocycles. The molecular formula is C13H26N4O3S. The van der Waals surface area contributed by atoms with Crippen LogP contribution in [0.25, 0.3) is 0 Å². The minimum absolute atomic E-state index is 0.00912. The van der Waals surface area contributed by atoms with Gasteiger partial charge in [-0.3, -0.25) is 9.59 Å². The molecule has 1 heterocycles. The number of rotatable bonds is 6. The molecule has 7 nitrogen and oxygen atoms in total. The number of nitrogens with zero attached hydrogens (tertiary/aromatic N) is 2. The molecule has 0 saturated carbocycles. The lowest BCUT2D eigenvalue weighted by Gasteiger charge is -2.16. The third-order valence-electron chi connectivity index (χ3n) is 2.90. The molecule has 1 fully saturated rings. The van der Waals surface area contributed by atoms with Gasteiger partial charge < -0.3 is 26.0 Å². The Balaban J connectivity index is 0.000000433. The van der Waals surface area contributed by atoms with Crippen LogP contribution in [0.4, 0.5) is 0 Å². The molecule has 1 rings (SSSR count). The number of hydrogen-bond acceptors (Lipinski definition) is 5. The quantitative estimate of drug-likeness (QED) is 0.579. The minimum Gasteiger partial charge on any atom is -0.480 e. The predicted octanol–water partition coefficient (Wildman–Crippen LogP) is -0.291. The van der Waals surface area contributed by atoms with Gasteiger partial charge in [0.2, 0.25) is 5.91 Å². The van der Waals surface area contributed by atoms with Crippen molar-refractivity contribution >= 4 is 29.2 Å². The Morgan fingerprint density at radius 3 is 2.38 bits per heavy atom. The van der Waals surface area contributed by atoms with E-state index in [-0.39, 0.29) is 11.8 Å². The van der Waals surface area contributed by atoms with Crippen molar-refractivity contribution in [2.24, 2.45) is 11.7 Å². The first-order valence-corrected chi connectivity index (χ1v) is 7.27. The van der Waals surface area contributed by atoms with E-state index in [1.807, 2.05) is 19.0 Å². The Kier molecular flexibility index (Phi) is 9.07. The van der Waals surface area contributed by atoms with E-state index in [0.29, 0.717) is 11.7 Å². The second kappa shape index (κ2) is 9.64. The van der Waals surface area contributed by atoms with Crippen LogP contribution in [0.2, 0.25) is 0 Å². The van der Waals surface area contributed by atoms with Crippen LogP contribution in [0.3, 0.4) is 0 Å². The summed E-state index contributed by atoms with van der Waals surface area (Å²) < 4.78 is 0. The third-order valence-corrected chi connectivity index (χ3v) is 3.27. The molecule has 21 heavy (non-hydrogen) atoms. The summed E-state index contributed by atoms with van der Waals surface area (Å²) in [7, 11) is 4.07. The molecule has 1 aliphatic rings. The normalized spacial score (nSPS) is 15.9. The highest BCUT2D eigenvalue weighted by Crippen LogP contribution is 2.00. The molecule has 0 aromatic rings. The van der Waals surface area contributed by atoms with Crippen LogP contribution in [0.15, 0.2) is 0 Å². The van der Waals surface area contributed by atoms with E-state index >= 15 is 0 Å². The Labute approximate surface area is 131 Å². The lowest BCUT2D eigenvalue weighted by molar-refractivity contribution is -0.139. The van der Waals surface area contributed by atoms with Crippen LogP contribution < -0.4 is 11.1 Å². The third kappa shape index (κ3) is 8.59. The molecular weight excluding hydrogens is 292 g/mol. The lowest BCUT2D eigenvalue weighted by Crippen LogP contribution is -2.34. The maximum atomic E-state index is 10.9. The smallest absolute Gasteiger partial charge is 0.320 e. The molecule has 0 aromatic carbocycles. The minimum atomic E-state index is -0.931. The maximum absolute atomic E-state index is 10.9. The summed E-state index contributed by atoms with van der Waals surface area (Å²) in [6.07, 6.45) is 1.03. The van der Waals surface area contributed by atoms with Gasteiger partial charge in [0.1, 0.15) is 6.04 Å². The van der Waals surface area contributed by atoms with Crippen molar-refractivity contribution in [1.82, 2.24) is 15.1 Å². The predicted molar refractivity (Wildman–Crippen MR) is 85.9 cm³/mol. The summed E-state index contributed by atoms with van der Waals surface area (Å²) in [6, 6.07) is -0.713. The van der Waals surface area contributed by atoms with Gasteiger partial charge in [0.15, 0.2) is 5.11 Å². The van der Waals surface area contributed by atoms with Crippen molar-refractivity contribution < 1.29 is 14.7 Å². The molecule has 1 amide bonds. The molecule has 4 N–H and O–H groups in total. The number of amides is 1. The van der Waals surface area contributed by atoms with E-state index in [2.05, 4.69) is 10.2 Å². The number of carboxylic acid groups (broad SMARTS) is 1. The molecule has 8 heteroatoms. The Morgan fingerprint density at radius 2 is 2.10 bits per heavy atom. The van der Waals surface area contributed by atoms with Gasteiger partial charge in [-0.15, -0.1) is 0 Å². The zero-order chi connectivity index (χ0) is 16.6. The summed E-state index contributed by atoms with van der Waals surface area (Å²) in [4.78, 5) is 24.9. The van der Waals surface area contributed by atoms with Crippen LogP contribution in [0.1, 0.15) is 20.3 Å². The van der Waals surface area contributed by atoms with Gasteiger partial charge in [-0.05, 0) is 45.2 Å². The first-order chi connectivity index (χ1) is 9.65. The fraction of sp³-hybridized carbons (Fsp3) is 0.769. The van der Waals surface area contributed by atoms with Crippen molar-refractivity contribution in [3.8, 4) is 0 Å². The van der Waals surface area contributed by atoms with E-state index < -0.39 is 12.0 Å². The van der Waals surface area contributed by atoms with Crippen LogP contribution in [-0.4, -0.2) is 71.7 Å². The van der Waals surface area contributed by atoms with E-state index in [9.17, 15) is 9.59 Å². The SMILES string of the molecule is CC(C)[C@H](N)C(=O)O.CN(C)CCCN1CC(=O)NC1=S. The Morgan fingerprint density at radius 1 is 1.52 bits per heavy atom. The zero-order valence-electron chi connectivity index (χ0n) is 13.1. The number of carbonyl (C=O) groups is 2. The molecule has 0 unspecified atom stereocenters. The van der Waals surface area contributed by atoms with Crippen molar-refractivity contribution in [1.29, 1.82) is 0 Å². The summed E-state index contributed by atoms with van der Waals surface area (Å²) in [5.74, 6) is -0.901. The fourth-order valence-corrected chi connectivity index (χ4v) is 1.80. The molecule has 0 bridgehead atoms. The van der Waals surface area contributed by atoms with Crippen molar-refractivity contribution in [3.63, 3.8) is 0 Å². The van der Waals surface area contributed by atoms with E-state index in [1.165, 1.54) is 0 Å². The number of nitrogens with one attached hydrogen (secondary N) is 1. The highest BCUT2D eigenvalue weighted by Gasteiger charge is 2.22. The molecule has 0 aliphatic carbocycles. The zero-order valence-corrected chi connectivity index (χ0v) is 13.9. The average Bonchev–Trinajstić information content (AvgIpc) is 2.67. The number of carbonyl (C=O) groups excluding carboxylic acids is 1. The standard InChI is InChI=1S/C8H15N3OS.C5H11NO2/c1-10(2)4-3-5-11-6-7(12)9-8(11)13;1-3(2)4(6)5(7)8/h3-6H2,1-2H3,(H,9,12,13);3-4H,6H2,1-2H3,(H,7,8)/t;4-/m.0/s1. The van der Waals surface area contributed by atoms with E-state index in [1.54, 1.807) is 13.8 Å². The van der Waals surface area contributed by atoms with Crippen molar-refractivity contribution in [3.05, 3.63) is 0 Å². The Bertz CT molecular complexity index is 374. The number of aliphatic carboxylic acids is 1. The maximum Gasteiger partial charge on any atom is 0.320 e. The molecule has 0 radical (unpaired) electrons. The number of carboxylic acids is 1. The number of hydrogen-bond donors (Lipinski definition) is 3. The van der Waals surface area contributed by atoms with Gasteiger partial charge in [0.25, 0.3) is 0 Å². The van der Waals surface area contributed by atoms with Gasteiger partial charge in [0, 0.05) is 6.54 Å². The van der Waals surface area contributed by atoms with Gasteiger partial charge >= 0.3 is 5.97 Å². The summed E-state index contributed by atoms with van der Waals surface area (Å²) >= 11 is 4.98. The molecule has 0 spiro atoms. The summed E-state index contributed by atoms with van der Waals surface area (Å²) in [6.45, 7) is 5.85. The number of nitrogens with two attached hydrogens (primary N) is 1. The van der Waals surface area contributed by atoms with Crippen LogP contribution in [0.5, 0.6) is 0 Å². The van der Waals surface area contributed by atoms with Gasteiger partial charge in [0.05, 0.1) is 6.54 Å². The summed E-state index contributed by atoms with van der Waals surface area (Å²) in [5, 5.41) is 11.4. The molecule has 0 aromatic heterocycles. The largest absolute Gasteiger partial charge is 0.480 e. The monoisotopic (exact) mass is 318 g/mol. The van der Waals surface area contributed by atoms with Crippen LogP contribution in [-0.2, 0) is 9.59 Å². The first kappa shape index (κ1) is 19.8. The first-order valence-electron chi connectivity index (χ1n) is 6.87. The van der Waals surface area contributed by atoms with E-state index in [4.69, 9.17) is 23.1 Å². The highest BCUT2D eigenvalue weighted by atomic mass is 32.1. The molecule has 1 saturated heterocycles. The van der Waals surface area contributed by atoms with E-state index in [0.717, 1.165) is 19.5 Å². The summed E-state index contributed by atoms with van der Waals surface area (Å²) in [5.41, 5.74) is 5.16. The average molecular weight is 318 g/mol. The van der Waals surface area contributed by atoms with Crippen molar-refractivity contribution in [2.45, 2.75) is 26.3 Å². The van der Waals surface area contributed by atoms with Gasteiger partial charge in [-0.25, -0.2) is 0 Å². The highest BCUT2D eigenvalue weighted by molar-refractivity contribution is 7.80. The topological polar surface area (TPSA) is 98.9 Å².